The molecule has 0 aromatic heterocycles. The van der Waals surface area contributed by atoms with E-state index in [1.807, 2.05) is 18.9 Å². The summed E-state index contributed by atoms with van der Waals surface area (Å²) in [5, 5.41) is 10.5. The average Bonchev–Trinajstić information content (AvgIpc) is 2.33. The van der Waals surface area contributed by atoms with Gasteiger partial charge >= 0.3 is 0 Å². The Morgan fingerprint density at radius 1 is 1.69 bits per heavy atom. The minimum atomic E-state index is 0.464. The molecule has 1 aliphatic heterocycles. The fourth-order valence-corrected chi connectivity index (χ4v) is 1.11. The number of nitrogens with zero attached hydrogens (tertiary/aromatic N) is 2. The number of allylic oxidation sites excluding steroid dienone is 1. The maximum atomic E-state index is 7.52. The highest BCUT2D eigenvalue weighted by molar-refractivity contribution is 5.96. The van der Waals surface area contributed by atoms with Crippen molar-refractivity contribution in [2.24, 2.45) is 4.99 Å². The lowest BCUT2D eigenvalue weighted by Crippen LogP contribution is -2.15. The summed E-state index contributed by atoms with van der Waals surface area (Å²) in [7, 11) is 1.87. The quantitative estimate of drug-likeness (QED) is 0.626. The molecule has 0 amide bonds. The SMILES string of the molecule is C=C1NC(C(C)=N)=C(/N=C\C)N1C. The molecule has 70 valence electrons. The smallest absolute Gasteiger partial charge is 0.159 e. The highest BCUT2D eigenvalue weighted by atomic mass is 15.3. The molecular weight excluding hydrogens is 164 g/mol. The fraction of sp³-hybridized carbons (Fsp3) is 0.333. The monoisotopic (exact) mass is 178 g/mol. The lowest BCUT2D eigenvalue weighted by molar-refractivity contribution is 0.526. The van der Waals surface area contributed by atoms with Gasteiger partial charge in [-0.25, -0.2) is 4.99 Å². The van der Waals surface area contributed by atoms with Crippen LogP contribution in [0.1, 0.15) is 13.8 Å². The zero-order valence-corrected chi connectivity index (χ0v) is 8.18. The summed E-state index contributed by atoms with van der Waals surface area (Å²) in [6.07, 6.45) is 1.70. The van der Waals surface area contributed by atoms with Gasteiger partial charge in [-0.15, -0.1) is 0 Å². The Kier molecular flexibility index (Phi) is 2.51. The fourth-order valence-electron chi connectivity index (χ4n) is 1.11. The highest BCUT2D eigenvalue weighted by Crippen LogP contribution is 2.20. The molecule has 0 saturated carbocycles. The van der Waals surface area contributed by atoms with Crippen LogP contribution in [0.25, 0.3) is 0 Å². The molecule has 0 fully saturated rings. The number of hydrogen-bond donors (Lipinski definition) is 2. The minimum absolute atomic E-state index is 0.464. The summed E-state index contributed by atoms with van der Waals surface area (Å²) in [5.41, 5.74) is 1.19. The first-order valence-electron chi connectivity index (χ1n) is 4.06. The van der Waals surface area contributed by atoms with Gasteiger partial charge in [-0.2, -0.15) is 0 Å². The molecule has 0 radical (unpaired) electrons. The van der Waals surface area contributed by atoms with Gasteiger partial charge in [-0.3, -0.25) is 0 Å². The Hall–Kier alpha value is -1.58. The van der Waals surface area contributed by atoms with E-state index in [-0.39, 0.29) is 0 Å². The van der Waals surface area contributed by atoms with Gasteiger partial charge in [0, 0.05) is 13.3 Å². The molecule has 0 aromatic carbocycles. The summed E-state index contributed by atoms with van der Waals surface area (Å²) in [4.78, 5) is 6.00. The Labute approximate surface area is 78.2 Å². The van der Waals surface area contributed by atoms with Crippen LogP contribution in [0.3, 0.4) is 0 Å². The maximum absolute atomic E-state index is 7.52. The van der Waals surface area contributed by atoms with Crippen molar-refractivity contribution in [3.8, 4) is 0 Å². The van der Waals surface area contributed by atoms with E-state index in [2.05, 4.69) is 16.9 Å². The van der Waals surface area contributed by atoms with Crippen molar-refractivity contribution in [1.29, 1.82) is 5.41 Å². The van der Waals surface area contributed by atoms with E-state index >= 15 is 0 Å². The van der Waals surface area contributed by atoms with E-state index in [9.17, 15) is 0 Å². The molecule has 1 rings (SSSR count). The van der Waals surface area contributed by atoms with Crippen LogP contribution in [0, 0.1) is 5.41 Å². The van der Waals surface area contributed by atoms with Crippen LogP contribution in [0.4, 0.5) is 0 Å². The molecule has 0 saturated heterocycles. The normalized spacial score (nSPS) is 17.2. The molecule has 0 atom stereocenters. The largest absolute Gasteiger partial charge is 0.338 e. The minimum Gasteiger partial charge on any atom is -0.338 e. The van der Waals surface area contributed by atoms with Crippen LogP contribution in [0.15, 0.2) is 28.9 Å². The third-order valence-electron chi connectivity index (χ3n) is 1.84. The molecular formula is C9H14N4. The van der Waals surface area contributed by atoms with Crippen LogP contribution in [-0.4, -0.2) is 23.9 Å². The zero-order chi connectivity index (χ0) is 10.0. The molecule has 13 heavy (non-hydrogen) atoms. The van der Waals surface area contributed by atoms with Crippen LogP contribution in [-0.2, 0) is 0 Å². The van der Waals surface area contributed by atoms with Gasteiger partial charge in [-0.1, -0.05) is 6.58 Å². The van der Waals surface area contributed by atoms with Crippen molar-refractivity contribution in [1.82, 2.24) is 10.2 Å². The summed E-state index contributed by atoms with van der Waals surface area (Å²) in [5.74, 6) is 1.50. The first kappa shape index (κ1) is 9.51. The first-order chi connectivity index (χ1) is 6.07. The van der Waals surface area contributed by atoms with E-state index < -0.39 is 0 Å². The van der Waals surface area contributed by atoms with E-state index in [4.69, 9.17) is 5.41 Å². The van der Waals surface area contributed by atoms with Crippen LogP contribution in [0.5, 0.6) is 0 Å². The molecule has 0 bridgehead atoms. The summed E-state index contributed by atoms with van der Waals surface area (Å²) in [6, 6.07) is 0. The molecule has 1 heterocycles. The van der Waals surface area contributed by atoms with Gasteiger partial charge in [-0.05, 0) is 13.8 Å². The number of nitrogens with one attached hydrogen (secondary N) is 2. The molecule has 4 heteroatoms. The van der Waals surface area contributed by atoms with Crippen molar-refractivity contribution >= 4 is 11.9 Å². The summed E-state index contributed by atoms with van der Waals surface area (Å²) < 4.78 is 0. The zero-order valence-electron chi connectivity index (χ0n) is 8.18. The van der Waals surface area contributed by atoms with E-state index in [1.54, 1.807) is 13.1 Å². The van der Waals surface area contributed by atoms with Crippen molar-refractivity contribution in [3.05, 3.63) is 23.9 Å². The molecule has 0 spiro atoms. The molecule has 0 aromatic rings. The second kappa shape index (κ2) is 3.43. The third-order valence-corrected chi connectivity index (χ3v) is 1.84. The van der Waals surface area contributed by atoms with Gasteiger partial charge in [0.25, 0.3) is 0 Å². The van der Waals surface area contributed by atoms with E-state index in [1.165, 1.54) is 0 Å². The summed E-state index contributed by atoms with van der Waals surface area (Å²) in [6.45, 7) is 7.37. The molecule has 4 nitrogen and oxygen atoms in total. The van der Waals surface area contributed by atoms with Gasteiger partial charge in [0.15, 0.2) is 5.82 Å². The standard InChI is InChI=1S/C9H14N4/c1-5-11-9-8(6(2)10)12-7(3)13(9)4/h5,10,12H,3H2,1-2,4H3/b10-6?,11-5-. The first-order valence-corrected chi connectivity index (χ1v) is 4.06. The van der Waals surface area contributed by atoms with Crippen molar-refractivity contribution < 1.29 is 0 Å². The van der Waals surface area contributed by atoms with Gasteiger partial charge < -0.3 is 15.6 Å². The lowest BCUT2D eigenvalue weighted by Gasteiger charge is -2.11. The topological polar surface area (TPSA) is 51.5 Å². The van der Waals surface area contributed by atoms with Crippen molar-refractivity contribution in [3.63, 3.8) is 0 Å². The second-order valence-electron chi connectivity index (χ2n) is 2.84. The Balaban J connectivity index is 3.10. The molecule has 0 aliphatic carbocycles. The number of hydrogen-bond acceptors (Lipinski definition) is 4. The van der Waals surface area contributed by atoms with Crippen LogP contribution < -0.4 is 5.32 Å². The van der Waals surface area contributed by atoms with Gasteiger partial charge in [0.05, 0.1) is 5.71 Å². The van der Waals surface area contributed by atoms with Crippen molar-refractivity contribution in [2.45, 2.75) is 13.8 Å². The maximum Gasteiger partial charge on any atom is 0.159 e. The highest BCUT2D eigenvalue weighted by Gasteiger charge is 2.22. The third kappa shape index (κ3) is 1.61. The Morgan fingerprint density at radius 2 is 2.31 bits per heavy atom. The second-order valence-corrected chi connectivity index (χ2v) is 2.84. The average molecular weight is 178 g/mol. The Morgan fingerprint density at radius 3 is 2.77 bits per heavy atom. The van der Waals surface area contributed by atoms with Crippen molar-refractivity contribution in [2.75, 3.05) is 7.05 Å². The molecule has 1 aliphatic rings. The Bertz CT molecular complexity index is 312. The molecule has 0 unspecified atom stereocenters. The number of aliphatic imine (C=N–C) groups is 1. The van der Waals surface area contributed by atoms with Crippen LogP contribution in [0.2, 0.25) is 0 Å². The number of rotatable bonds is 2. The van der Waals surface area contributed by atoms with Gasteiger partial charge in [0.1, 0.15) is 11.5 Å². The molecule has 2 N–H and O–H groups in total. The lowest BCUT2D eigenvalue weighted by atomic mass is 10.3. The van der Waals surface area contributed by atoms with E-state index in [0.29, 0.717) is 5.71 Å². The predicted octanol–water partition coefficient (Wildman–Crippen LogP) is 1.29. The van der Waals surface area contributed by atoms with Gasteiger partial charge in [0.2, 0.25) is 0 Å². The summed E-state index contributed by atoms with van der Waals surface area (Å²) >= 11 is 0. The predicted molar refractivity (Wildman–Crippen MR) is 54.6 cm³/mol. The van der Waals surface area contributed by atoms with E-state index in [0.717, 1.165) is 17.3 Å². The van der Waals surface area contributed by atoms with Crippen LogP contribution >= 0.6 is 0 Å².